The summed E-state index contributed by atoms with van der Waals surface area (Å²) in [6.45, 7) is 4.09. The van der Waals surface area contributed by atoms with Crippen LogP contribution >= 0.6 is 0 Å². The van der Waals surface area contributed by atoms with Crippen LogP contribution in [0, 0.1) is 13.8 Å². The molecule has 0 spiro atoms. The van der Waals surface area contributed by atoms with E-state index < -0.39 is 6.10 Å². The second-order valence-corrected chi connectivity index (χ2v) is 4.46. The van der Waals surface area contributed by atoms with Crippen molar-refractivity contribution in [2.75, 3.05) is 7.11 Å². The maximum Gasteiger partial charge on any atom is 0.118 e. The Morgan fingerprint density at radius 1 is 1.00 bits per heavy atom. The Kier molecular flexibility index (Phi) is 3.68. The highest BCUT2D eigenvalue weighted by atomic mass is 16.5. The molecule has 0 heterocycles. The van der Waals surface area contributed by atoms with Crippen molar-refractivity contribution in [3.8, 4) is 5.75 Å². The molecule has 1 atom stereocenters. The van der Waals surface area contributed by atoms with Crippen LogP contribution in [0.3, 0.4) is 0 Å². The van der Waals surface area contributed by atoms with Crippen LogP contribution in [0.2, 0.25) is 0 Å². The van der Waals surface area contributed by atoms with Crippen LogP contribution in [0.5, 0.6) is 5.75 Å². The van der Waals surface area contributed by atoms with E-state index in [9.17, 15) is 5.11 Å². The molecule has 0 bridgehead atoms. The lowest BCUT2D eigenvalue weighted by Crippen LogP contribution is -2.03. The van der Waals surface area contributed by atoms with Crippen molar-refractivity contribution in [2.45, 2.75) is 20.0 Å². The molecule has 2 aromatic carbocycles. The Balaban J connectivity index is 2.35. The highest BCUT2D eigenvalue weighted by Gasteiger charge is 2.13. The first-order valence-corrected chi connectivity index (χ1v) is 6.01. The van der Waals surface area contributed by atoms with Gasteiger partial charge in [0, 0.05) is 0 Å². The predicted octanol–water partition coefficient (Wildman–Crippen LogP) is 3.39. The SMILES string of the molecule is COc1ccc(C(O)c2cccc(C)c2C)cc1. The monoisotopic (exact) mass is 242 g/mol. The maximum atomic E-state index is 10.4. The normalized spacial score (nSPS) is 12.2. The first kappa shape index (κ1) is 12.7. The van der Waals surface area contributed by atoms with Crippen LogP contribution in [0.25, 0.3) is 0 Å². The highest BCUT2D eigenvalue weighted by molar-refractivity contribution is 5.40. The summed E-state index contributed by atoms with van der Waals surface area (Å²) in [4.78, 5) is 0. The molecule has 94 valence electrons. The minimum atomic E-state index is -0.587. The van der Waals surface area contributed by atoms with E-state index in [0.29, 0.717) is 0 Å². The van der Waals surface area contributed by atoms with E-state index in [1.165, 1.54) is 5.56 Å². The lowest BCUT2D eigenvalue weighted by Gasteiger charge is -2.16. The average Bonchev–Trinajstić information content (AvgIpc) is 2.41. The van der Waals surface area contributed by atoms with Gasteiger partial charge in [0.25, 0.3) is 0 Å². The van der Waals surface area contributed by atoms with Gasteiger partial charge in [-0.3, -0.25) is 0 Å². The van der Waals surface area contributed by atoms with Gasteiger partial charge >= 0.3 is 0 Å². The minimum absolute atomic E-state index is 0.587. The van der Waals surface area contributed by atoms with Gasteiger partial charge in [-0.2, -0.15) is 0 Å². The van der Waals surface area contributed by atoms with Crippen LogP contribution in [0.1, 0.15) is 28.4 Å². The zero-order valence-electron chi connectivity index (χ0n) is 11.0. The number of ether oxygens (including phenoxy) is 1. The Hall–Kier alpha value is -1.80. The van der Waals surface area contributed by atoms with Crippen molar-refractivity contribution < 1.29 is 9.84 Å². The van der Waals surface area contributed by atoms with Crippen molar-refractivity contribution in [1.29, 1.82) is 0 Å². The predicted molar refractivity (Wildman–Crippen MR) is 73.0 cm³/mol. The molecule has 0 saturated heterocycles. The van der Waals surface area contributed by atoms with Crippen LogP contribution in [0.4, 0.5) is 0 Å². The molecule has 0 radical (unpaired) electrons. The largest absolute Gasteiger partial charge is 0.497 e. The van der Waals surface area contributed by atoms with E-state index in [1.807, 2.05) is 43.3 Å². The van der Waals surface area contributed by atoms with Crippen LogP contribution in [-0.2, 0) is 0 Å². The number of aliphatic hydroxyl groups excluding tert-OH is 1. The highest BCUT2D eigenvalue weighted by Crippen LogP contribution is 2.27. The first-order valence-electron chi connectivity index (χ1n) is 6.01. The average molecular weight is 242 g/mol. The van der Waals surface area contributed by atoms with Crippen LogP contribution in [-0.4, -0.2) is 12.2 Å². The summed E-state index contributed by atoms with van der Waals surface area (Å²) in [6.07, 6.45) is -0.587. The van der Waals surface area contributed by atoms with E-state index in [4.69, 9.17) is 4.74 Å². The zero-order chi connectivity index (χ0) is 13.1. The zero-order valence-corrected chi connectivity index (χ0v) is 11.0. The minimum Gasteiger partial charge on any atom is -0.497 e. The molecule has 0 aliphatic heterocycles. The summed E-state index contributed by atoms with van der Waals surface area (Å²) in [5.41, 5.74) is 4.17. The third kappa shape index (κ3) is 2.39. The Labute approximate surface area is 108 Å². The van der Waals surface area contributed by atoms with Gasteiger partial charge in [-0.15, -0.1) is 0 Å². The van der Waals surface area contributed by atoms with Gasteiger partial charge in [0.15, 0.2) is 0 Å². The smallest absolute Gasteiger partial charge is 0.118 e. The Bertz CT molecular complexity index is 529. The van der Waals surface area contributed by atoms with Crippen molar-refractivity contribution in [2.24, 2.45) is 0 Å². The fourth-order valence-corrected chi connectivity index (χ4v) is 2.04. The topological polar surface area (TPSA) is 29.5 Å². The maximum absolute atomic E-state index is 10.4. The molecular formula is C16H18O2. The molecule has 18 heavy (non-hydrogen) atoms. The standard InChI is InChI=1S/C16H18O2/c1-11-5-4-6-15(12(11)2)16(17)13-7-9-14(18-3)10-8-13/h4-10,16-17H,1-3H3. The van der Waals surface area contributed by atoms with Gasteiger partial charge < -0.3 is 9.84 Å². The third-order valence-electron chi connectivity index (χ3n) is 3.37. The molecule has 2 nitrogen and oxygen atoms in total. The van der Waals surface area contributed by atoms with Gasteiger partial charge in [0.2, 0.25) is 0 Å². The van der Waals surface area contributed by atoms with Crippen molar-refractivity contribution in [1.82, 2.24) is 0 Å². The molecule has 1 N–H and O–H groups in total. The lowest BCUT2D eigenvalue weighted by atomic mass is 9.95. The number of benzene rings is 2. The first-order chi connectivity index (χ1) is 8.63. The van der Waals surface area contributed by atoms with Gasteiger partial charge in [-0.05, 0) is 48.2 Å². The van der Waals surface area contributed by atoms with Gasteiger partial charge in [-0.25, -0.2) is 0 Å². The second kappa shape index (κ2) is 5.23. The summed E-state index contributed by atoms with van der Waals surface area (Å²) in [5.74, 6) is 0.798. The summed E-state index contributed by atoms with van der Waals surface area (Å²) < 4.78 is 5.12. The Morgan fingerprint density at radius 3 is 2.28 bits per heavy atom. The van der Waals surface area contributed by atoms with Crippen molar-refractivity contribution in [3.63, 3.8) is 0 Å². The summed E-state index contributed by atoms with van der Waals surface area (Å²) in [6, 6.07) is 13.5. The number of rotatable bonds is 3. The molecule has 0 saturated carbocycles. The molecular weight excluding hydrogens is 224 g/mol. The number of hydrogen-bond acceptors (Lipinski definition) is 2. The summed E-state index contributed by atoms with van der Waals surface area (Å²) in [7, 11) is 1.64. The molecule has 1 unspecified atom stereocenters. The van der Waals surface area contributed by atoms with Gasteiger partial charge in [-0.1, -0.05) is 30.3 Å². The van der Waals surface area contributed by atoms with Crippen LogP contribution in [0.15, 0.2) is 42.5 Å². The number of aryl methyl sites for hydroxylation is 1. The Morgan fingerprint density at radius 2 is 1.67 bits per heavy atom. The van der Waals surface area contributed by atoms with Gasteiger partial charge in [0.1, 0.15) is 11.9 Å². The second-order valence-electron chi connectivity index (χ2n) is 4.46. The van der Waals surface area contributed by atoms with Crippen LogP contribution < -0.4 is 4.74 Å². The summed E-state index contributed by atoms with van der Waals surface area (Å²) >= 11 is 0. The molecule has 0 aromatic heterocycles. The van der Waals surface area contributed by atoms with Crippen molar-refractivity contribution in [3.05, 3.63) is 64.7 Å². The van der Waals surface area contributed by atoms with E-state index in [2.05, 4.69) is 13.0 Å². The fraction of sp³-hybridized carbons (Fsp3) is 0.250. The lowest BCUT2D eigenvalue weighted by molar-refractivity contribution is 0.219. The van der Waals surface area contributed by atoms with Crippen molar-refractivity contribution >= 4 is 0 Å². The molecule has 0 amide bonds. The van der Waals surface area contributed by atoms with E-state index in [1.54, 1.807) is 7.11 Å². The summed E-state index contributed by atoms with van der Waals surface area (Å²) in [5, 5.41) is 10.4. The third-order valence-corrected chi connectivity index (χ3v) is 3.37. The fourth-order valence-electron chi connectivity index (χ4n) is 2.04. The molecule has 2 rings (SSSR count). The number of hydrogen-bond donors (Lipinski definition) is 1. The van der Waals surface area contributed by atoms with E-state index >= 15 is 0 Å². The molecule has 2 aromatic rings. The molecule has 2 heteroatoms. The molecule has 0 aliphatic carbocycles. The van der Waals surface area contributed by atoms with Gasteiger partial charge in [0.05, 0.1) is 7.11 Å². The molecule has 0 fully saturated rings. The van der Waals surface area contributed by atoms with E-state index in [-0.39, 0.29) is 0 Å². The molecule has 0 aliphatic rings. The number of methoxy groups -OCH3 is 1. The number of aliphatic hydroxyl groups is 1. The van der Waals surface area contributed by atoms with E-state index in [0.717, 1.165) is 22.4 Å². The quantitative estimate of drug-likeness (QED) is 0.894.